The summed E-state index contributed by atoms with van der Waals surface area (Å²) in [6.45, 7) is 3.69. The van der Waals surface area contributed by atoms with Crippen molar-refractivity contribution in [3.05, 3.63) is 116 Å². The molecule has 4 rings (SSSR count). The van der Waals surface area contributed by atoms with Crippen LogP contribution in [0, 0.1) is 13.8 Å². The van der Waals surface area contributed by atoms with Gasteiger partial charge in [0.2, 0.25) is 5.91 Å². The molecule has 4 aromatic rings. The molecule has 0 aliphatic carbocycles. The van der Waals surface area contributed by atoms with Gasteiger partial charge in [0.25, 0.3) is 5.56 Å². The lowest BCUT2D eigenvalue weighted by Gasteiger charge is -2.21. The lowest BCUT2D eigenvalue weighted by Crippen LogP contribution is -2.41. The minimum atomic E-state index is -0.610. The summed E-state index contributed by atoms with van der Waals surface area (Å²) in [7, 11) is 0. The van der Waals surface area contributed by atoms with E-state index < -0.39 is 23.2 Å². The van der Waals surface area contributed by atoms with E-state index in [1.807, 2.05) is 62.4 Å². The minimum Gasteiger partial charge on any atom is -0.344 e. The molecule has 0 unspecified atom stereocenters. The van der Waals surface area contributed by atoms with Gasteiger partial charge in [-0.2, -0.15) is 0 Å². The van der Waals surface area contributed by atoms with Gasteiger partial charge < -0.3 is 10.3 Å². The molecule has 31 heavy (non-hydrogen) atoms. The van der Waals surface area contributed by atoms with Gasteiger partial charge in [0, 0.05) is 0 Å². The van der Waals surface area contributed by atoms with E-state index in [4.69, 9.17) is 0 Å². The van der Waals surface area contributed by atoms with E-state index in [1.54, 1.807) is 24.3 Å². The van der Waals surface area contributed by atoms with Gasteiger partial charge >= 0.3 is 5.69 Å². The SMILES string of the molecule is Cc1ccc([C@@H](NC(=O)Cn2c(=O)[nH]c3ccccc3c2=O)c2ccccc2)cc1C. The molecule has 6 nitrogen and oxygen atoms in total. The smallest absolute Gasteiger partial charge is 0.329 e. The van der Waals surface area contributed by atoms with Crippen molar-refractivity contribution in [3.63, 3.8) is 0 Å². The number of fused-ring (bicyclic) bond motifs is 1. The zero-order valence-corrected chi connectivity index (χ0v) is 17.4. The standard InChI is InChI=1S/C25H23N3O3/c1-16-12-13-19(14-17(16)2)23(18-8-4-3-5-9-18)27-22(29)15-28-24(30)20-10-6-7-11-21(20)26-25(28)31/h3-14,23H,15H2,1-2H3,(H,26,31)(H,27,29)/t23-/m0/s1. The summed E-state index contributed by atoms with van der Waals surface area (Å²) < 4.78 is 0.931. The Morgan fingerprint density at radius 1 is 0.903 bits per heavy atom. The first-order valence-corrected chi connectivity index (χ1v) is 10.1. The Kier molecular flexibility index (Phi) is 5.54. The topological polar surface area (TPSA) is 84.0 Å². The van der Waals surface area contributed by atoms with Crippen LogP contribution in [-0.4, -0.2) is 15.5 Å². The van der Waals surface area contributed by atoms with E-state index in [2.05, 4.69) is 10.3 Å². The molecule has 3 aromatic carbocycles. The molecule has 0 saturated heterocycles. The fraction of sp³-hybridized carbons (Fsp3) is 0.160. The Hall–Kier alpha value is -3.93. The molecule has 0 bridgehead atoms. The highest BCUT2D eigenvalue weighted by atomic mass is 16.2. The number of aromatic nitrogens is 2. The van der Waals surface area contributed by atoms with E-state index >= 15 is 0 Å². The summed E-state index contributed by atoms with van der Waals surface area (Å²) in [6.07, 6.45) is 0. The van der Waals surface area contributed by atoms with Crippen molar-refractivity contribution in [2.24, 2.45) is 0 Å². The predicted molar refractivity (Wildman–Crippen MR) is 121 cm³/mol. The van der Waals surface area contributed by atoms with Crippen LogP contribution in [0.15, 0.2) is 82.4 Å². The normalized spacial score (nSPS) is 11.9. The lowest BCUT2D eigenvalue weighted by molar-refractivity contribution is -0.122. The van der Waals surface area contributed by atoms with Crippen LogP contribution in [-0.2, 0) is 11.3 Å². The second-order valence-electron chi connectivity index (χ2n) is 7.62. The largest absolute Gasteiger partial charge is 0.344 e. The third-order valence-electron chi connectivity index (χ3n) is 5.49. The van der Waals surface area contributed by atoms with Gasteiger partial charge in [0.15, 0.2) is 0 Å². The molecule has 0 radical (unpaired) electrons. The van der Waals surface area contributed by atoms with E-state index in [-0.39, 0.29) is 6.54 Å². The van der Waals surface area contributed by atoms with Crippen LogP contribution in [0.4, 0.5) is 0 Å². The molecule has 1 heterocycles. The molecule has 0 saturated carbocycles. The number of carbonyl (C=O) groups is 1. The fourth-order valence-corrected chi connectivity index (χ4v) is 3.64. The summed E-state index contributed by atoms with van der Waals surface area (Å²) in [5.41, 5.74) is 3.48. The zero-order valence-electron chi connectivity index (χ0n) is 17.4. The zero-order chi connectivity index (χ0) is 22.0. The Morgan fingerprint density at radius 2 is 1.61 bits per heavy atom. The summed E-state index contributed by atoms with van der Waals surface area (Å²) in [5.74, 6) is -0.421. The molecule has 0 aliphatic heterocycles. The number of hydrogen-bond donors (Lipinski definition) is 2. The Balaban J connectivity index is 1.67. The van der Waals surface area contributed by atoms with Gasteiger partial charge in [-0.3, -0.25) is 14.2 Å². The molecule has 0 aliphatic rings. The average molecular weight is 413 g/mol. The molecular weight excluding hydrogens is 390 g/mol. The van der Waals surface area contributed by atoms with Gasteiger partial charge in [0.1, 0.15) is 6.54 Å². The number of amides is 1. The van der Waals surface area contributed by atoms with Crippen LogP contribution in [0.25, 0.3) is 10.9 Å². The van der Waals surface area contributed by atoms with Crippen molar-refractivity contribution >= 4 is 16.8 Å². The van der Waals surface area contributed by atoms with Crippen LogP contribution in [0.5, 0.6) is 0 Å². The molecule has 156 valence electrons. The molecule has 1 atom stereocenters. The molecular formula is C25H23N3O3. The Morgan fingerprint density at radius 3 is 2.35 bits per heavy atom. The Bertz CT molecular complexity index is 1370. The molecule has 0 fully saturated rings. The third kappa shape index (κ3) is 4.19. The fourth-order valence-electron chi connectivity index (χ4n) is 3.64. The maximum Gasteiger partial charge on any atom is 0.329 e. The van der Waals surface area contributed by atoms with Crippen LogP contribution in [0.1, 0.15) is 28.3 Å². The molecule has 1 amide bonds. The minimum absolute atomic E-state index is 0.365. The second kappa shape index (κ2) is 8.44. The van der Waals surface area contributed by atoms with Gasteiger partial charge in [-0.1, -0.05) is 60.7 Å². The van der Waals surface area contributed by atoms with E-state index in [0.717, 1.165) is 26.8 Å². The number of aromatic amines is 1. The number of para-hydroxylation sites is 1. The summed E-state index contributed by atoms with van der Waals surface area (Å²) in [6, 6.07) is 22.0. The molecule has 2 N–H and O–H groups in total. The van der Waals surface area contributed by atoms with Crippen molar-refractivity contribution in [2.75, 3.05) is 0 Å². The highest BCUT2D eigenvalue weighted by molar-refractivity contribution is 5.79. The van der Waals surface area contributed by atoms with E-state index in [1.165, 1.54) is 0 Å². The number of benzene rings is 3. The predicted octanol–water partition coefficient (Wildman–Crippen LogP) is 3.21. The van der Waals surface area contributed by atoms with E-state index in [9.17, 15) is 14.4 Å². The number of carbonyl (C=O) groups excluding carboxylic acids is 1. The summed E-state index contributed by atoms with van der Waals surface area (Å²) in [4.78, 5) is 40.8. The monoisotopic (exact) mass is 413 g/mol. The highest BCUT2D eigenvalue weighted by Gasteiger charge is 2.19. The number of rotatable bonds is 5. The van der Waals surface area contributed by atoms with E-state index in [0.29, 0.717) is 10.9 Å². The highest BCUT2D eigenvalue weighted by Crippen LogP contribution is 2.24. The van der Waals surface area contributed by atoms with Crippen molar-refractivity contribution in [2.45, 2.75) is 26.4 Å². The van der Waals surface area contributed by atoms with Gasteiger partial charge in [-0.25, -0.2) is 4.79 Å². The van der Waals surface area contributed by atoms with Gasteiger partial charge in [-0.15, -0.1) is 0 Å². The van der Waals surface area contributed by atoms with Crippen molar-refractivity contribution < 1.29 is 4.79 Å². The lowest BCUT2D eigenvalue weighted by atomic mass is 9.95. The first-order chi connectivity index (χ1) is 14.9. The number of nitrogens with zero attached hydrogens (tertiary/aromatic N) is 1. The average Bonchev–Trinajstić information content (AvgIpc) is 2.77. The second-order valence-corrected chi connectivity index (χ2v) is 7.62. The van der Waals surface area contributed by atoms with Crippen LogP contribution in [0.3, 0.4) is 0 Å². The first kappa shape index (κ1) is 20.3. The maximum absolute atomic E-state index is 12.9. The van der Waals surface area contributed by atoms with Crippen molar-refractivity contribution in [1.82, 2.24) is 14.9 Å². The van der Waals surface area contributed by atoms with Crippen LogP contribution >= 0.6 is 0 Å². The summed E-state index contributed by atoms with van der Waals surface area (Å²) >= 11 is 0. The molecule has 6 heteroatoms. The van der Waals surface area contributed by atoms with Gasteiger partial charge in [-0.05, 0) is 48.2 Å². The first-order valence-electron chi connectivity index (χ1n) is 10.1. The Labute approximate surface area is 179 Å². The van der Waals surface area contributed by atoms with Crippen LogP contribution in [0.2, 0.25) is 0 Å². The number of hydrogen-bond acceptors (Lipinski definition) is 3. The van der Waals surface area contributed by atoms with Crippen molar-refractivity contribution in [3.8, 4) is 0 Å². The maximum atomic E-state index is 12.9. The summed E-state index contributed by atoms with van der Waals surface area (Å²) in [5, 5.41) is 3.36. The third-order valence-corrected chi connectivity index (χ3v) is 5.49. The molecule has 1 aromatic heterocycles. The number of aryl methyl sites for hydroxylation is 2. The van der Waals surface area contributed by atoms with Crippen molar-refractivity contribution in [1.29, 1.82) is 0 Å². The number of nitrogens with one attached hydrogen (secondary N) is 2. The molecule has 0 spiro atoms. The number of H-pyrrole nitrogens is 1. The van der Waals surface area contributed by atoms with Crippen LogP contribution < -0.4 is 16.6 Å². The van der Waals surface area contributed by atoms with Gasteiger partial charge in [0.05, 0.1) is 16.9 Å². The quantitative estimate of drug-likeness (QED) is 0.527.